The van der Waals surface area contributed by atoms with Crippen molar-refractivity contribution in [1.82, 2.24) is 10.3 Å². The third-order valence-electron chi connectivity index (χ3n) is 3.10. The zero-order valence-corrected chi connectivity index (χ0v) is 11.5. The van der Waals surface area contributed by atoms with Crippen LogP contribution in [-0.4, -0.2) is 17.4 Å². The Labute approximate surface area is 122 Å². The summed E-state index contributed by atoms with van der Waals surface area (Å²) < 4.78 is 26.4. The van der Waals surface area contributed by atoms with Gasteiger partial charge in [-0.3, -0.25) is 9.78 Å². The van der Waals surface area contributed by atoms with E-state index in [4.69, 9.17) is 0 Å². The van der Waals surface area contributed by atoms with E-state index in [0.717, 1.165) is 24.5 Å². The number of rotatable bonds is 6. The second-order valence-corrected chi connectivity index (χ2v) is 4.70. The number of hydrogen-bond donors (Lipinski definition) is 1. The summed E-state index contributed by atoms with van der Waals surface area (Å²) in [4.78, 5) is 15.6. The first-order valence-corrected chi connectivity index (χ1v) is 6.75. The van der Waals surface area contributed by atoms with E-state index < -0.39 is 11.6 Å². The molecule has 5 heteroatoms. The lowest BCUT2D eigenvalue weighted by molar-refractivity contribution is -0.120. The van der Waals surface area contributed by atoms with Crippen molar-refractivity contribution in [3.05, 3.63) is 65.5 Å². The molecule has 0 bridgehead atoms. The Balaban J connectivity index is 1.74. The maximum atomic E-state index is 13.4. The predicted octanol–water partition coefficient (Wildman–Crippen LogP) is 2.65. The van der Waals surface area contributed by atoms with Gasteiger partial charge in [-0.05, 0) is 36.6 Å². The van der Waals surface area contributed by atoms with Gasteiger partial charge in [-0.25, -0.2) is 8.78 Å². The van der Waals surface area contributed by atoms with Gasteiger partial charge in [0, 0.05) is 24.5 Å². The van der Waals surface area contributed by atoms with Crippen molar-refractivity contribution in [3.63, 3.8) is 0 Å². The normalized spacial score (nSPS) is 10.4. The van der Waals surface area contributed by atoms with Gasteiger partial charge < -0.3 is 5.32 Å². The summed E-state index contributed by atoms with van der Waals surface area (Å²) in [5, 5.41) is 2.70. The first kappa shape index (κ1) is 15.1. The van der Waals surface area contributed by atoms with E-state index >= 15 is 0 Å². The second-order valence-electron chi connectivity index (χ2n) is 4.70. The van der Waals surface area contributed by atoms with E-state index in [0.29, 0.717) is 6.54 Å². The number of amides is 1. The molecule has 0 unspecified atom stereocenters. The molecule has 1 aromatic carbocycles. The number of pyridine rings is 1. The lowest BCUT2D eigenvalue weighted by Crippen LogP contribution is -2.26. The minimum Gasteiger partial charge on any atom is -0.356 e. The van der Waals surface area contributed by atoms with Crippen LogP contribution >= 0.6 is 0 Å². The van der Waals surface area contributed by atoms with Gasteiger partial charge in [0.2, 0.25) is 5.91 Å². The van der Waals surface area contributed by atoms with Gasteiger partial charge in [0.25, 0.3) is 0 Å². The molecule has 0 spiro atoms. The monoisotopic (exact) mass is 290 g/mol. The molecular weight excluding hydrogens is 274 g/mol. The molecule has 1 heterocycles. The van der Waals surface area contributed by atoms with Gasteiger partial charge in [0.05, 0.1) is 6.42 Å². The van der Waals surface area contributed by atoms with Crippen LogP contribution in [0.1, 0.15) is 17.5 Å². The standard InChI is InChI=1S/C16H16F2N2O/c17-14-5-1-4-13(16(14)18)11-15(21)20-8-2-3-12-6-9-19-10-7-12/h1,4-7,9-10H,2-3,8,11H2,(H,20,21). The molecule has 3 nitrogen and oxygen atoms in total. The molecule has 0 aliphatic rings. The number of hydrogen-bond acceptors (Lipinski definition) is 2. The van der Waals surface area contributed by atoms with E-state index in [-0.39, 0.29) is 17.9 Å². The van der Waals surface area contributed by atoms with E-state index in [2.05, 4.69) is 10.3 Å². The highest BCUT2D eigenvalue weighted by atomic mass is 19.2. The molecule has 0 atom stereocenters. The highest BCUT2D eigenvalue weighted by Crippen LogP contribution is 2.11. The third-order valence-corrected chi connectivity index (χ3v) is 3.10. The van der Waals surface area contributed by atoms with Gasteiger partial charge in [-0.2, -0.15) is 0 Å². The Bertz CT molecular complexity index is 602. The number of nitrogens with zero attached hydrogens (tertiary/aromatic N) is 1. The van der Waals surface area contributed by atoms with Crippen molar-refractivity contribution in [2.45, 2.75) is 19.3 Å². The van der Waals surface area contributed by atoms with Crippen LogP contribution in [-0.2, 0) is 17.6 Å². The van der Waals surface area contributed by atoms with Gasteiger partial charge >= 0.3 is 0 Å². The quantitative estimate of drug-likeness (QED) is 0.831. The highest BCUT2D eigenvalue weighted by molar-refractivity contribution is 5.78. The number of carbonyl (C=O) groups is 1. The van der Waals surface area contributed by atoms with Gasteiger partial charge in [0.1, 0.15) is 0 Å². The van der Waals surface area contributed by atoms with Crippen molar-refractivity contribution in [2.24, 2.45) is 0 Å². The molecule has 0 radical (unpaired) electrons. The number of nitrogens with one attached hydrogen (secondary N) is 1. The first-order valence-electron chi connectivity index (χ1n) is 6.75. The summed E-state index contributed by atoms with van der Waals surface area (Å²) >= 11 is 0. The minimum absolute atomic E-state index is 0.0710. The largest absolute Gasteiger partial charge is 0.356 e. The lowest BCUT2D eigenvalue weighted by Gasteiger charge is -2.06. The maximum absolute atomic E-state index is 13.4. The first-order chi connectivity index (χ1) is 10.2. The summed E-state index contributed by atoms with van der Waals surface area (Å²) in [6.45, 7) is 0.498. The smallest absolute Gasteiger partial charge is 0.224 e. The maximum Gasteiger partial charge on any atom is 0.224 e. The topological polar surface area (TPSA) is 42.0 Å². The minimum atomic E-state index is -0.954. The molecule has 1 amide bonds. The van der Waals surface area contributed by atoms with Crippen molar-refractivity contribution in [1.29, 1.82) is 0 Å². The molecule has 0 saturated carbocycles. The summed E-state index contributed by atoms with van der Waals surface area (Å²) in [5.41, 5.74) is 1.22. The van der Waals surface area contributed by atoms with E-state index in [1.807, 2.05) is 12.1 Å². The fourth-order valence-electron chi connectivity index (χ4n) is 1.99. The average molecular weight is 290 g/mol. The molecule has 1 N–H and O–H groups in total. The predicted molar refractivity (Wildman–Crippen MR) is 75.6 cm³/mol. The van der Waals surface area contributed by atoms with Crippen molar-refractivity contribution < 1.29 is 13.6 Å². The van der Waals surface area contributed by atoms with Gasteiger partial charge in [-0.1, -0.05) is 12.1 Å². The molecule has 0 aliphatic heterocycles. The molecule has 21 heavy (non-hydrogen) atoms. The van der Waals surface area contributed by atoms with E-state index in [1.165, 1.54) is 12.1 Å². The van der Waals surface area contributed by atoms with Crippen LogP contribution in [0, 0.1) is 11.6 Å². The van der Waals surface area contributed by atoms with E-state index in [9.17, 15) is 13.6 Å². The number of halogens is 2. The second kappa shape index (κ2) is 7.47. The number of aromatic nitrogens is 1. The van der Waals surface area contributed by atoms with Crippen molar-refractivity contribution in [3.8, 4) is 0 Å². The van der Waals surface area contributed by atoms with Crippen LogP contribution in [0.4, 0.5) is 8.78 Å². The zero-order chi connectivity index (χ0) is 15.1. The van der Waals surface area contributed by atoms with E-state index in [1.54, 1.807) is 12.4 Å². The molecular formula is C16H16F2N2O. The Morgan fingerprint density at radius 3 is 2.67 bits per heavy atom. The molecule has 2 aromatic rings. The van der Waals surface area contributed by atoms with Crippen molar-refractivity contribution >= 4 is 5.91 Å². The van der Waals surface area contributed by atoms with Crippen molar-refractivity contribution in [2.75, 3.05) is 6.54 Å². The summed E-state index contributed by atoms with van der Waals surface area (Å²) in [6, 6.07) is 7.68. The lowest BCUT2D eigenvalue weighted by atomic mass is 10.1. The molecule has 0 fully saturated rings. The Kier molecular flexibility index (Phi) is 5.37. The van der Waals surface area contributed by atoms with Crippen LogP contribution in [0.5, 0.6) is 0 Å². The van der Waals surface area contributed by atoms with Crippen LogP contribution in [0.3, 0.4) is 0 Å². The summed E-state index contributed by atoms with van der Waals surface area (Å²) in [5.74, 6) is -2.20. The third kappa shape index (κ3) is 4.63. The van der Waals surface area contributed by atoms with Crippen LogP contribution in [0.15, 0.2) is 42.7 Å². The van der Waals surface area contributed by atoms with Gasteiger partial charge in [-0.15, -0.1) is 0 Å². The average Bonchev–Trinajstić information content (AvgIpc) is 2.49. The van der Waals surface area contributed by atoms with Crippen LogP contribution in [0.2, 0.25) is 0 Å². The summed E-state index contributed by atoms with van der Waals surface area (Å²) in [6.07, 6.45) is 4.90. The van der Waals surface area contributed by atoms with Crippen LogP contribution < -0.4 is 5.32 Å². The van der Waals surface area contributed by atoms with Gasteiger partial charge in [0.15, 0.2) is 11.6 Å². The number of benzene rings is 1. The fourth-order valence-corrected chi connectivity index (χ4v) is 1.99. The Hall–Kier alpha value is -2.30. The molecule has 1 aromatic heterocycles. The molecule has 0 aliphatic carbocycles. The molecule has 110 valence electrons. The molecule has 2 rings (SSSR count). The number of aryl methyl sites for hydroxylation is 1. The van der Waals surface area contributed by atoms with Crippen LogP contribution in [0.25, 0.3) is 0 Å². The Morgan fingerprint density at radius 1 is 1.14 bits per heavy atom. The number of carbonyl (C=O) groups excluding carboxylic acids is 1. The Morgan fingerprint density at radius 2 is 1.90 bits per heavy atom. The summed E-state index contributed by atoms with van der Waals surface area (Å²) in [7, 11) is 0. The highest BCUT2D eigenvalue weighted by Gasteiger charge is 2.11. The molecule has 0 saturated heterocycles. The fraction of sp³-hybridized carbons (Fsp3) is 0.250. The zero-order valence-electron chi connectivity index (χ0n) is 11.5. The SMILES string of the molecule is O=C(Cc1cccc(F)c1F)NCCCc1ccncc1.